The Balaban J connectivity index is 1.54. The van der Waals surface area contributed by atoms with Crippen molar-refractivity contribution in [1.29, 1.82) is 0 Å². The van der Waals surface area contributed by atoms with Crippen molar-refractivity contribution in [1.82, 2.24) is 14.1 Å². The van der Waals surface area contributed by atoms with Crippen LogP contribution in [-0.2, 0) is 11.2 Å². The van der Waals surface area contributed by atoms with Crippen molar-refractivity contribution >= 4 is 17.6 Å². The third-order valence-electron chi connectivity index (χ3n) is 3.89. The van der Waals surface area contributed by atoms with E-state index in [-0.39, 0.29) is 11.5 Å². The van der Waals surface area contributed by atoms with Gasteiger partial charge in [0.05, 0.1) is 6.42 Å². The van der Waals surface area contributed by atoms with Gasteiger partial charge in [-0.3, -0.25) is 18.7 Å². The summed E-state index contributed by atoms with van der Waals surface area (Å²) in [7, 11) is 0. The fourth-order valence-electron chi connectivity index (χ4n) is 2.59. The molecule has 0 spiro atoms. The lowest BCUT2D eigenvalue weighted by molar-refractivity contribution is -0.113. The van der Waals surface area contributed by atoms with E-state index in [0.717, 1.165) is 0 Å². The maximum absolute atomic E-state index is 12.0. The van der Waals surface area contributed by atoms with Crippen LogP contribution >= 0.6 is 0 Å². The molecule has 8 heteroatoms. The number of carbonyl (C=O) groups excluding carboxylic acids is 2. The van der Waals surface area contributed by atoms with E-state index >= 15 is 0 Å². The molecule has 0 aliphatic carbocycles. The van der Waals surface area contributed by atoms with E-state index in [1.807, 2.05) is 0 Å². The summed E-state index contributed by atoms with van der Waals surface area (Å²) in [6.45, 7) is 0. The number of hydrogen-bond donors (Lipinski definition) is 2. The van der Waals surface area contributed by atoms with Gasteiger partial charge in [0.15, 0.2) is 0 Å². The number of nitrogens with zero attached hydrogens (tertiary/aromatic N) is 3. The minimum Gasteiger partial charge on any atom is -0.351 e. The molecular formula is C19H18N5O3. The summed E-state index contributed by atoms with van der Waals surface area (Å²) >= 11 is 0. The Morgan fingerprint density at radius 1 is 1.11 bits per heavy atom. The van der Waals surface area contributed by atoms with Crippen LogP contribution in [0.5, 0.6) is 0 Å². The summed E-state index contributed by atoms with van der Waals surface area (Å²) in [5.41, 5.74) is 6.42. The first kappa shape index (κ1) is 18.1. The van der Waals surface area contributed by atoms with Gasteiger partial charge in [-0.15, -0.1) is 0 Å². The predicted octanol–water partition coefficient (Wildman–Crippen LogP) is 1.74. The molecule has 3 aromatic rings. The molecule has 2 aromatic heterocycles. The van der Waals surface area contributed by atoms with E-state index in [1.54, 1.807) is 42.6 Å². The van der Waals surface area contributed by atoms with Crippen molar-refractivity contribution in [2.75, 3.05) is 5.32 Å². The summed E-state index contributed by atoms with van der Waals surface area (Å²) in [6.07, 6.45) is 6.96. The molecule has 2 heterocycles. The number of nitrogens with one attached hydrogen (secondary N) is 1. The lowest BCUT2D eigenvalue weighted by Crippen LogP contribution is -2.21. The minimum atomic E-state index is -0.607. The van der Waals surface area contributed by atoms with Crippen molar-refractivity contribution in [2.45, 2.75) is 12.8 Å². The Kier molecular flexibility index (Phi) is 5.46. The van der Waals surface area contributed by atoms with Gasteiger partial charge in [-0.1, -0.05) is 6.07 Å². The molecule has 0 saturated heterocycles. The van der Waals surface area contributed by atoms with Gasteiger partial charge in [-0.05, 0) is 36.8 Å². The lowest BCUT2D eigenvalue weighted by atomic mass is 10.2. The van der Waals surface area contributed by atoms with Gasteiger partial charge in [0.25, 0.3) is 5.56 Å². The van der Waals surface area contributed by atoms with Gasteiger partial charge in [0.1, 0.15) is 5.82 Å². The highest BCUT2D eigenvalue weighted by Crippen LogP contribution is 2.13. The number of nitrogens with two attached hydrogens (primary N) is 1. The topological polar surface area (TPSA) is 112 Å². The summed E-state index contributed by atoms with van der Waals surface area (Å²) in [4.78, 5) is 39.1. The number of aryl methyl sites for hydroxylation is 1. The molecule has 27 heavy (non-hydrogen) atoms. The second kappa shape index (κ2) is 8.13. The smallest absolute Gasteiger partial charge is 0.324 e. The number of aromatic nitrogens is 3. The number of pyridine rings is 1. The molecule has 0 saturated carbocycles. The van der Waals surface area contributed by atoms with Gasteiger partial charge < -0.3 is 11.1 Å². The summed E-state index contributed by atoms with van der Waals surface area (Å²) < 4.78 is 2.76. The summed E-state index contributed by atoms with van der Waals surface area (Å²) in [5, 5.41) is 2.75. The van der Waals surface area contributed by atoms with Crippen molar-refractivity contribution < 1.29 is 9.59 Å². The fourth-order valence-corrected chi connectivity index (χ4v) is 2.59. The highest BCUT2D eigenvalue weighted by molar-refractivity contribution is 5.97. The molecule has 0 aliphatic rings. The van der Waals surface area contributed by atoms with Crippen LogP contribution in [-0.4, -0.2) is 26.1 Å². The number of benzene rings is 1. The minimum absolute atomic E-state index is 0.128. The Hall–Kier alpha value is -3.68. The second-order valence-electron chi connectivity index (χ2n) is 5.74. The van der Waals surface area contributed by atoms with Crippen LogP contribution in [0.2, 0.25) is 0 Å². The molecule has 3 rings (SSSR count). The molecule has 137 valence electrons. The standard InChI is InChI=1S/C19H18N5O3/c20-19(27)24-13-11-21-16(24)4-3-5-17(25)22-14-7-9-15(10-8-14)23-12-2-1-6-18(23)26/h1-2,5-13H,3-4H2,(H2,20,27)(H,22,25). The quantitative estimate of drug-likeness (QED) is 0.694. The van der Waals surface area contributed by atoms with E-state index < -0.39 is 6.03 Å². The fraction of sp³-hybridized carbons (Fsp3) is 0.105. The highest BCUT2D eigenvalue weighted by atomic mass is 16.2. The van der Waals surface area contributed by atoms with Crippen LogP contribution in [0, 0.1) is 6.42 Å². The zero-order valence-corrected chi connectivity index (χ0v) is 14.4. The third kappa shape index (κ3) is 4.49. The first-order valence-electron chi connectivity index (χ1n) is 8.29. The number of carbonyl (C=O) groups is 2. The van der Waals surface area contributed by atoms with Gasteiger partial charge in [-0.2, -0.15) is 0 Å². The number of imidazole rings is 1. The molecule has 2 amide bonds. The van der Waals surface area contributed by atoms with E-state index in [1.165, 1.54) is 34.0 Å². The number of amides is 2. The predicted molar refractivity (Wildman–Crippen MR) is 100 cm³/mol. The van der Waals surface area contributed by atoms with Crippen LogP contribution in [0.4, 0.5) is 10.5 Å². The van der Waals surface area contributed by atoms with E-state index in [0.29, 0.717) is 30.0 Å². The Morgan fingerprint density at radius 2 is 1.89 bits per heavy atom. The average molecular weight is 364 g/mol. The van der Waals surface area contributed by atoms with E-state index in [9.17, 15) is 14.4 Å². The monoisotopic (exact) mass is 364 g/mol. The lowest BCUT2D eigenvalue weighted by Gasteiger charge is -2.08. The molecule has 0 atom stereocenters. The molecule has 0 fully saturated rings. The number of primary amides is 1. The maximum Gasteiger partial charge on any atom is 0.324 e. The van der Waals surface area contributed by atoms with Gasteiger partial charge in [0, 0.05) is 42.5 Å². The molecule has 8 nitrogen and oxygen atoms in total. The van der Waals surface area contributed by atoms with Gasteiger partial charge >= 0.3 is 6.03 Å². The summed E-state index contributed by atoms with van der Waals surface area (Å²) in [6, 6.07) is 11.3. The largest absolute Gasteiger partial charge is 0.351 e. The molecule has 3 N–H and O–H groups in total. The second-order valence-corrected chi connectivity index (χ2v) is 5.74. The van der Waals surface area contributed by atoms with Gasteiger partial charge in [0.2, 0.25) is 5.91 Å². The zero-order valence-electron chi connectivity index (χ0n) is 14.4. The van der Waals surface area contributed by atoms with Crippen LogP contribution < -0.4 is 16.6 Å². The molecule has 0 bridgehead atoms. The third-order valence-corrected chi connectivity index (χ3v) is 3.89. The number of hydrogen-bond acceptors (Lipinski definition) is 4. The normalized spacial score (nSPS) is 10.5. The van der Waals surface area contributed by atoms with Crippen LogP contribution in [0.3, 0.4) is 0 Å². The average Bonchev–Trinajstić information content (AvgIpc) is 3.12. The number of rotatable bonds is 6. The molecule has 0 unspecified atom stereocenters. The summed E-state index contributed by atoms with van der Waals surface area (Å²) in [5.74, 6) is 0.237. The molecule has 1 aromatic carbocycles. The molecule has 0 aliphatic heterocycles. The molecular weight excluding hydrogens is 346 g/mol. The van der Waals surface area contributed by atoms with Crippen molar-refractivity contribution in [3.8, 4) is 5.69 Å². The van der Waals surface area contributed by atoms with E-state index in [2.05, 4.69) is 10.3 Å². The Bertz CT molecular complexity index is 1000. The first-order chi connectivity index (χ1) is 13.0. The Morgan fingerprint density at radius 3 is 2.59 bits per heavy atom. The van der Waals surface area contributed by atoms with Crippen LogP contribution in [0.15, 0.2) is 65.8 Å². The van der Waals surface area contributed by atoms with Crippen molar-refractivity contribution in [2.24, 2.45) is 5.73 Å². The van der Waals surface area contributed by atoms with Crippen molar-refractivity contribution in [3.63, 3.8) is 0 Å². The zero-order chi connectivity index (χ0) is 19.2. The van der Waals surface area contributed by atoms with Gasteiger partial charge in [-0.25, -0.2) is 9.78 Å². The van der Waals surface area contributed by atoms with E-state index in [4.69, 9.17) is 5.73 Å². The first-order valence-corrected chi connectivity index (χ1v) is 8.29. The van der Waals surface area contributed by atoms with Crippen LogP contribution in [0.1, 0.15) is 12.2 Å². The number of anilines is 1. The van der Waals surface area contributed by atoms with Crippen LogP contribution in [0.25, 0.3) is 5.69 Å². The maximum atomic E-state index is 12.0. The van der Waals surface area contributed by atoms with Crippen molar-refractivity contribution in [3.05, 3.63) is 83.7 Å². The SMILES string of the molecule is NC(=O)n1ccnc1CC[CH]C(=O)Nc1ccc(-n2ccccc2=O)cc1. The highest BCUT2D eigenvalue weighted by Gasteiger charge is 2.09. The molecule has 1 radical (unpaired) electrons. The Labute approximate surface area is 155 Å².